The highest BCUT2D eigenvalue weighted by Crippen LogP contribution is 2.32. The average molecular weight is 296 g/mol. The van der Waals surface area contributed by atoms with E-state index in [2.05, 4.69) is 36.4 Å². The number of amides is 1. The van der Waals surface area contributed by atoms with Crippen molar-refractivity contribution in [2.75, 3.05) is 13.6 Å². The Kier molecular flexibility index (Phi) is 4.44. The second-order valence-corrected chi connectivity index (χ2v) is 6.37. The van der Waals surface area contributed by atoms with Crippen LogP contribution in [0.3, 0.4) is 0 Å². The summed E-state index contributed by atoms with van der Waals surface area (Å²) in [4.78, 5) is 14.6. The summed E-state index contributed by atoms with van der Waals surface area (Å²) in [7, 11) is 1.91. The summed E-state index contributed by atoms with van der Waals surface area (Å²) >= 11 is 0. The van der Waals surface area contributed by atoms with Crippen molar-refractivity contribution in [1.29, 1.82) is 0 Å². The van der Waals surface area contributed by atoms with Gasteiger partial charge in [-0.1, -0.05) is 48.9 Å². The monoisotopic (exact) mass is 296 g/mol. The molecule has 1 aliphatic rings. The van der Waals surface area contributed by atoms with E-state index in [1.54, 1.807) is 0 Å². The van der Waals surface area contributed by atoms with Gasteiger partial charge in [0.2, 0.25) is 5.91 Å². The van der Waals surface area contributed by atoms with Crippen molar-refractivity contribution in [3.05, 3.63) is 48.0 Å². The average Bonchev–Trinajstić information content (AvgIpc) is 3.03. The summed E-state index contributed by atoms with van der Waals surface area (Å²) in [6.45, 7) is 1.28. The van der Waals surface area contributed by atoms with Crippen LogP contribution in [0, 0.1) is 11.8 Å². The van der Waals surface area contributed by atoms with Gasteiger partial charge in [-0.15, -0.1) is 0 Å². The number of carbonyl (C=O) groups is 1. The molecule has 0 aromatic heterocycles. The van der Waals surface area contributed by atoms with Gasteiger partial charge in [-0.25, -0.2) is 0 Å². The maximum Gasteiger partial charge on any atom is 0.226 e. The molecule has 3 heteroatoms. The van der Waals surface area contributed by atoms with Crippen LogP contribution in [0.5, 0.6) is 0 Å². The van der Waals surface area contributed by atoms with Crippen molar-refractivity contribution in [2.45, 2.75) is 25.8 Å². The predicted octanol–water partition coefficient (Wildman–Crippen LogP) is 3.17. The summed E-state index contributed by atoms with van der Waals surface area (Å²) in [6.07, 6.45) is 3.20. The Morgan fingerprint density at radius 1 is 1.18 bits per heavy atom. The standard InChI is InChI=1S/C19H24N2O/c1-21(19(22)18-11-5-8-15(18)12-20)13-16-9-4-7-14-6-2-3-10-17(14)16/h2-4,6-7,9-10,15,18H,5,8,11-13,20H2,1H3/t15-,18-/m1/s1. The van der Waals surface area contributed by atoms with Crippen LogP contribution in [0.1, 0.15) is 24.8 Å². The fourth-order valence-electron chi connectivity index (χ4n) is 3.69. The number of rotatable bonds is 4. The van der Waals surface area contributed by atoms with Gasteiger partial charge in [-0.3, -0.25) is 4.79 Å². The summed E-state index contributed by atoms with van der Waals surface area (Å²) in [5.41, 5.74) is 7.02. The summed E-state index contributed by atoms with van der Waals surface area (Å²) in [5.74, 6) is 0.730. The Morgan fingerprint density at radius 2 is 1.95 bits per heavy atom. The lowest BCUT2D eigenvalue weighted by molar-refractivity contribution is -0.135. The molecule has 0 bridgehead atoms. The minimum absolute atomic E-state index is 0.116. The molecule has 1 aliphatic carbocycles. The van der Waals surface area contributed by atoms with Crippen LogP contribution in [0.4, 0.5) is 0 Å². The van der Waals surface area contributed by atoms with E-state index >= 15 is 0 Å². The Balaban J connectivity index is 1.78. The molecule has 2 atom stereocenters. The van der Waals surface area contributed by atoms with Crippen molar-refractivity contribution < 1.29 is 4.79 Å². The molecule has 22 heavy (non-hydrogen) atoms. The number of fused-ring (bicyclic) bond motifs is 1. The Hall–Kier alpha value is -1.87. The highest BCUT2D eigenvalue weighted by atomic mass is 16.2. The van der Waals surface area contributed by atoms with Crippen molar-refractivity contribution >= 4 is 16.7 Å². The van der Waals surface area contributed by atoms with Gasteiger partial charge in [0.25, 0.3) is 0 Å². The molecule has 0 spiro atoms. The molecule has 0 unspecified atom stereocenters. The first-order valence-corrected chi connectivity index (χ1v) is 8.12. The number of nitrogens with zero attached hydrogens (tertiary/aromatic N) is 1. The molecular formula is C19H24N2O. The van der Waals surface area contributed by atoms with Crippen LogP contribution < -0.4 is 5.73 Å². The van der Waals surface area contributed by atoms with Gasteiger partial charge in [0.1, 0.15) is 0 Å². The van der Waals surface area contributed by atoms with Crippen LogP contribution in [0.2, 0.25) is 0 Å². The van der Waals surface area contributed by atoms with Crippen LogP contribution in [-0.2, 0) is 11.3 Å². The third kappa shape index (κ3) is 2.86. The third-order valence-electron chi connectivity index (χ3n) is 4.94. The third-order valence-corrected chi connectivity index (χ3v) is 4.94. The SMILES string of the molecule is CN(Cc1cccc2ccccc12)C(=O)[C@@H]1CCC[C@@H]1CN. The molecule has 2 aromatic carbocycles. The zero-order chi connectivity index (χ0) is 15.5. The van der Waals surface area contributed by atoms with E-state index in [0.717, 1.165) is 19.3 Å². The van der Waals surface area contributed by atoms with Gasteiger partial charge in [0.15, 0.2) is 0 Å². The molecule has 0 aliphatic heterocycles. The molecule has 3 nitrogen and oxygen atoms in total. The lowest BCUT2D eigenvalue weighted by atomic mass is 9.94. The van der Waals surface area contributed by atoms with E-state index in [1.165, 1.54) is 16.3 Å². The number of nitrogens with two attached hydrogens (primary N) is 1. The molecule has 0 saturated heterocycles. The number of benzene rings is 2. The first kappa shape index (κ1) is 15.0. The van der Waals surface area contributed by atoms with E-state index in [9.17, 15) is 4.79 Å². The minimum atomic E-state index is 0.116. The summed E-state index contributed by atoms with van der Waals surface area (Å²) < 4.78 is 0. The summed E-state index contributed by atoms with van der Waals surface area (Å²) in [5, 5.41) is 2.45. The van der Waals surface area contributed by atoms with Gasteiger partial charge in [-0.2, -0.15) is 0 Å². The quantitative estimate of drug-likeness (QED) is 0.942. The normalized spacial score (nSPS) is 21.2. The molecule has 2 aromatic rings. The molecule has 1 fully saturated rings. The van der Waals surface area contributed by atoms with Crippen LogP contribution in [0.25, 0.3) is 10.8 Å². The molecular weight excluding hydrogens is 272 g/mol. The van der Waals surface area contributed by atoms with Gasteiger partial charge in [0, 0.05) is 19.5 Å². The minimum Gasteiger partial charge on any atom is -0.341 e. The fraction of sp³-hybridized carbons (Fsp3) is 0.421. The van der Waals surface area contributed by atoms with E-state index < -0.39 is 0 Å². The molecule has 0 heterocycles. The number of carbonyl (C=O) groups excluding carboxylic acids is 1. The van der Waals surface area contributed by atoms with Crippen molar-refractivity contribution in [2.24, 2.45) is 17.6 Å². The fourth-order valence-corrected chi connectivity index (χ4v) is 3.69. The Bertz CT molecular complexity index is 662. The van der Waals surface area contributed by atoms with Crippen LogP contribution in [0.15, 0.2) is 42.5 Å². The molecule has 3 rings (SSSR count). The van der Waals surface area contributed by atoms with E-state index in [4.69, 9.17) is 5.73 Å². The van der Waals surface area contributed by atoms with E-state index in [-0.39, 0.29) is 11.8 Å². The maximum absolute atomic E-state index is 12.7. The van der Waals surface area contributed by atoms with Gasteiger partial charge < -0.3 is 10.6 Å². The van der Waals surface area contributed by atoms with Crippen molar-refractivity contribution in [3.63, 3.8) is 0 Å². The molecule has 2 N–H and O–H groups in total. The zero-order valence-corrected chi connectivity index (χ0v) is 13.2. The first-order valence-electron chi connectivity index (χ1n) is 8.12. The Labute approximate surface area is 132 Å². The molecule has 0 radical (unpaired) electrons. The van der Waals surface area contributed by atoms with Crippen molar-refractivity contribution in [3.8, 4) is 0 Å². The zero-order valence-electron chi connectivity index (χ0n) is 13.2. The van der Waals surface area contributed by atoms with E-state index in [0.29, 0.717) is 19.0 Å². The second kappa shape index (κ2) is 6.49. The van der Waals surface area contributed by atoms with E-state index in [1.807, 2.05) is 18.0 Å². The molecule has 1 amide bonds. The first-order chi connectivity index (χ1) is 10.7. The van der Waals surface area contributed by atoms with Crippen LogP contribution >= 0.6 is 0 Å². The molecule has 1 saturated carbocycles. The lowest BCUT2D eigenvalue weighted by Gasteiger charge is -2.25. The number of hydrogen-bond acceptors (Lipinski definition) is 2. The van der Waals surface area contributed by atoms with Crippen LogP contribution in [-0.4, -0.2) is 24.4 Å². The Morgan fingerprint density at radius 3 is 2.77 bits per heavy atom. The molecule has 116 valence electrons. The topological polar surface area (TPSA) is 46.3 Å². The van der Waals surface area contributed by atoms with Gasteiger partial charge in [-0.05, 0) is 41.6 Å². The van der Waals surface area contributed by atoms with Gasteiger partial charge >= 0.3 is 0 Å². The smallest absolute Gasteiger partial charge is 0.226 e. The predicted molar refractivity (Wildman–Crippen MR) is 90.3 cm³/mol. The largest absolute Gasteiger partial charge is 0.341 e. The van der Waals surface area contributed by atoms with Crippen molar-refractivity contribution in [1.82, 2.24) is 4.90 Å². The second-order valence-electron chi connectivity index (χ2n) is 6.37. The highest BCUT2D eigenvalue weighted by molar-refractivity contribution is 5.86. The maximum atomic E-state index is 12.7. The highest BCUT2D eigenvalue weighted by Gasteiger charge is 2.33. The summed E-state index contributed by atoms with van der Waals surface area (Å²) in [6, 6.07) is 14.6. The number of hydrogen-bond donors (Lipinski definition) is 1. The van der Waals surface area contributed by atoms with Gasteiger partial charge in [0.05, 0.1) is 0 Å². The lowest BCUT2D eigenvalue weighted by Crippen LogP contribution is -2.36.